The topological polar surface area (TPSA) is 39.1 Å². The minimum absolute atomic E-state index is 0.547. The van der Waals surface area contributed by atoms with Gasteiger partial charge in [0.15, 0.2) is 0 Å². The molecule has 1 aromatic heterocycles. The van der Waals surface area contributed by atoms with Gasteiger partial charge in [0.05, 0.1) is 31.4 Å². The van der Waals surface area contributed by atoms with Crippen LogP contribution in [0.3, 0.4) is 0 Å². The number of nitrogens with one attached hydrogen (secondary N) is 1. The summed E-state index contributed by atoms with van der Waals surface area (Å²) < 4.78 is 7.96. The highest BCUT2D eigenvalue weighted by Gasteiger charge is 2.12. The first kappa shape index (κ1) is 12.6. The molecule has 2 heterocycles. The zero-order valence-corrected chi connectivity index (χ0v) is 10.7. The molecule has 0 aromatic carbocycles. The van der Waals surface area contributed by atoms with Crippen molar-refractivity contribution in [2.24, 2.45) is 0 Å². The highest BCUT2D eigenvalue weighted by atomic mass is 16.5. The van der Waals surface area contributed by atoms with Crippen LogP contribution < -0.4 is 5.32 Å². The Balaban J connectivity index is 1.71. The Morgan fingerprint density at radius 2 is 2.47 bits per heavy atom. The highest BCUT2D eigenvalue weighted by molar-refractivity contribution is 4.96. The fourth-order valence-electron chi connectivity index (χ4n) is 2.28. The quantitative estimate of drug-likeness (QED) is 0.822. The second-order valence-corrected chi connectivity index (χ2v) is 4.74. The fraction of sp³-hybridized carbons (Fsp3) is 0.769. The van der Waals surface area contributed by atoms with Gasteiger partial charge < -0.3 is 14.6 Å². The van der Waals surface area contributed by atoms with Crippen LogP contribution in [-0.2, 0) is 17.9 Å². The van der Waals surface area contributed by atoms with E-state index in [2.05, 4.69) is 21.8 Å². The van der Waals surface area contributed by atoms with Crippen molar-refractivity contribution in [2.45, 2.75) is 51.8 Å². The van der Waals surface area contributed by atoms with Crippen molar-refractivity contribution < 1.29 is 4.74 Å². The van der Waals surface area contributed by atoms with Gasteiger partial charge in [-0.05, 0) is 25.8 Å². The number of aryl methyl sites for hydroxylation is 1. The first-order valence-corrected chi connectivity index (χ1v) is 6.70. The molecule has 17 heavy (non-hydrogen) atoms. The third-order valence-electron chi connectivity index (χ3n) is 3.24. The number of nitrogens with zero attached hydrogens (tertiary/aromatic N) is 2. The van der Waals surface area contributed by atoms with E-state index in [1.54, 1.807) is 0 Å². The van der Waals surface area contributed by atoms with Crippen LogP contribution in [0.25, 0.3) is 0 Å². The maximum Gasteiger partial charge on any atom is 0.0948 e. The second-order valence-electron chi connectivity index (χ2n) is 4.74. The van der Waals surface area contributed by atoms with Crippen molar-refractivity contribution in [1.29, 1.82) is 0 Å². The first-order valence-electron chi connectivity index (χ1n) is 6.70. The molecule has 1 fully saturated rings. The van der Waals surface area contributed by atoms with E-state index in [1.807, 2.05) is 12.5 Å². The SMILES string of the molecule is CCCn1cncc1COCC1CCCCN1. The third-order valence-corrected chi connectivity index (χ3v) is 3.24. The van der Waals surface area contributed by atoms with Crippen LogP contribution in [0.15, 0.2) is 12.5 Å². The summed E-state index contributed by atoms with van der Waals surface area (Å²) in [6.45, 7) is 5.84. The van der Waals surface area contributed by atoms with Crippen LogP contribution in [0.5, 0.6) is 0 Å². The van der Waals surface area contributed by atoms with E-state index in [4.69, 9.17) is 4.74 Å². The molecule has 0 aliphatic carbocycles. The maximum absolute atomic E-state index is 5.78. The molecule has 4 nitrogen and oxygen atoms in total. The second kappa shape index (κ2) is 6.77. The van der Waals surface area contributed by atoms with Crippen molar-refractivity contribution in [1.82, 2.24) is 14.9 Å². The molecule has 1 unspecified atom stereocenters. The van der Waals surface area contributed by atoms with Gasteiger partial charge in [0, 0.05) is 12.6 Å². The number of hydrogen-bond acceptors (Lipinski definition) is 3. The van der Waals surface area contributed by atoms with Gasteiger partial charge in [0.2, 0.25) is 0 Å². The Morgan fingerprint density at radius 1 is 1.53 bits per heavy atom. The summed E-state index contributed by atoms with van der Waals surface area (Å²) in [7, 11) is 0. The van der Waals surface area contributed by atoms with E-state index in [9.17, 15) is 0 Å². The van der Waals surface area contributed by atoms with Gasteiger partial charge in [-0.3, -0.25) is 0 Å². The molecule has 0 radical (unpaired) electrons. The van der Waals surface area contributed by atoms with Crippen LogP contribution in [-0.4, -0.2) is 28.7 Å². The molecule has 1 saturated heterocycles. The zero-order chi connectivity index (χ0) is 11.9. The van der Waals surface area contributed by atoms with Gasteiger partial charge in [-0.15, -0.1) is 0 Å². The van der Waals surface area contributed by atoms with Gasteiger partial charge in [0.1, 0.15) is 0 Å². The fourth-order valence-corrected chi connectivity index (χ4v) is 2.28. The molecule has 2 rings (SSSR count). The van der Waals surface area contributed by atoms with Crippen molar-refractivity contribution in [3.63, 3.8) is 0 Å². The Morgan fingerprint density at radius 3 is 3.24 bits per heavy atom. The summed E-state index contributed by atoms with van der Waals surface area (Å²) in [5.74, 6) is 0. The number of aromatic nitrogens is 2. The van der Waals surface area contributed by atoms with Gasteiger partial charge in [-0.1, -0.05) is 13.3 Å². The smallest absolute Gasteiger partial charge is 0.0948 e. The Bertz CT molecular complexity index is 318. The molecule has 1 aliphatic rings. The number of hydrogen-bond donors (Lipinski definition) is 1. The molecule has 0 bridgehead atoms. The molecule has 1 N–H and O–H groups in total. The summed E-state index contributed by atoms with van der Waals surface area (Å²) in [5.41, 5.74) is 1.18. The normalized spacial score (nSPS) is 20.6. The lowest BCUT2D eigenvalue weighted by Gasteiger charge is -2.23. The van der Waals surface area contributed by atoms with Crippen molar-refractivity contribution in [3.05, 3.63) is 18.2 Å². The predicted molar refractivity (Wildman–Crippen MR) is 67.8 cm³/mol. The summed E-state index contributed by atoms with van der Waals surface area (Å²) in [6.07, 6.45) is 8.81. The van der Waals surface area contributed by atoms with Gasteiger partial charge >= 0.3 is 0 Å². The minimum atomic E-state index is 0.547. The third kappa shape index (κ3) is 3.82. The Hall–Kier alpha value is -0.870. The summed E-state index contributed by atoms with van der Waals surface area (Å²) in [5, 5.41) is 3.49. The van der Waals surface area contributed by atoms with Crippen LogP contribution in [0.4, 0.5) is 0 Å². The van der Waals surface area contributed by atoms with E-state index in [0.717, 1.165) is 26.1 Å². The maximum atomic E-state index is 5.78. The number of piperidine rings is 1. The van der Waals surface area contributed by atoms with E-state index in [1.165, 1.54) is 25.0 Å². The summed E-state index contributed by atoms with van der Waals surface area (Å²) >= 11 is 0. The van der Waals surface area contributed by atoms with Crippen molar-refractivity contribution in [2.75, 3.05) is 13.2 Å². The highest BCUT2D eigenvalue weighted by Crippen LogP contribution is 2.09. The van der Waals surface area contributed by atoms with Gasteiger partial charge in [-0.25, -0.2) is 4.98 Å². The monoisotopic (exact) mass is 237 g/mol. The van der Waals surface area contributed by atoms with Crippen molar-refractivity contribution >= 4 is 0 Å². The average molecular weight is 237 g/mol. The molecule has 0 amide bonds. The number of ether oxygens (including phenoxy) is 1. The average Bonchev–Trinajstić information content (AvgIpc) is 2.79. The zero-order valence-electron chi connectivity index (χ0n) is 10.7. The van der Waals surface area contributed by atoms with E-state index < -0.39 is 0 Å². The molecule has 1 aliphatic heterocycles. The molecule has 0 spiro atoms. The van der Waals surface area contributed by atoms with Crippen molar-refractivity contribution in [3.8, 4) is 0 Å². The van der Waals surface area contributed by atoms with Crippen LogP contribution >= 0.6 is 0 Å². The van der Waals surface area contributed by atoms with E-state index in [0.29, 0.717) is 12.6 Å². The standard InChI is InChI=1S/C13H23N3O/c1-2-7-16-11-14-8-13(16)10-17-9-12-5-3-4-6-15-12/h8,11-12,15H,2-7,9-10H2,1H3. The van der Waals surface area contributed by atoms with Gasteiger partial charge in [0.25, 0.3) is 0 Å². The molecular formula is C13H23N3O. The van der Waals surface area contributed by atoms with Crippen LogP contribution in [0.2, 0.25) is 0 Å². The number of imidazole rings is 1. The lowest BCUT2D eigenvalue weighted by atomic mass is 10.1. The summed E-state index contributed by atoms with van der Waals surface area (Å²) in [4.78, 5) is 4.17. The molecule has 0 saturated carbocycles. The lowest BCUT2D eigenvalue weighted by molar-refractivity contribution is 0.0871. The molecule has 96 valence electrons. The first-order chi connectivity index (χ1) is 8.40. The summed E-state index contributed by atoms with van der Waals surface area (Å²) in [6, 6.07) is 0.547. The Labute approximate surface area is 103 Å². The van der Waals surface area contributed by atoms with Crippen LogP contribution in [0.1, 0.15) is 38.3 Å². The number of rotatable bonds is 6. The van der Waals surface area contributed by atoms with E-state index in [-0.39, 0.29) is 0 Å². The van der Waals surface area contributed by atoms with E-state index >= 15 is 0 Å². The molecule has 1 aromatic rings. The van der Waals surface area contributed by atoms with Gasteiger partial charge in [-0.2, -0.15) is 0 Å². The molecule has 4 heteroatoms. The predicted octanol–water partition coefficient (Wildman–Crippen LogP) is 1.95. The minimum Gasteiger partial charge on any atom is -0.374 e. The van der Waals surface area contributed by atoms with Crippen LogP contribution in [0, 0.1) is 0 Å². The largest absolute Gasteiger partial charge is 0.374 e. The lowest BCUT2D eigenvalue weighted by Crippen LogP contribution is -2.37. The molecule has 1 atom stereocenters. The Kier molecular flexibility index (Phi) is 5.01. The molecular weight excluding hydrogens is 214 g/mol.